The van der Waals surface area contributed by atoms with Gasteiger partial charge in [-0.15, -0.1) is 0 Å². The van der Waals surface area contributed by atoms with Gasteiger partial charge in [-0.3, -0.25) is 4.79 Å². The number of carbonyl (C=O) groups excluding carboxylic acids is 1. The molecule has 2 fully saturated rings. The van der Waals surface area contributed by atoms with Crippen LogP contribution in [0.1, 0.15) is 26.2 Å². The zero-order valence-electron chi connectivity index (χ0n) is 9.81. The molecule has 98 valence electrons. The highest BCUT2D eigenvalue weighted by Gasteiger charge is 2.63. The minimum atomic E-state index is -4.46. The fourth-order valence-corrected chi connectivity index (χ4v) is 2.47. The lowest BCUT2D eigenvalue weighted by atomic mass is 9.84. The molecule has 1 atom stereocenters. The lowest BCUT2D eigenvalue weighted by Crippen LogP contribution is -2.54. The second-order valence-corrected chi connectivity index (χ2v) is 4.83. The van der Waals surface area contributed by atoms with Gasteiger partial charge in [-0.05, 0) is 32.7 Å². The molecular formula is C11H17F3N2O. The second kappa shape index (κ2) is 4.15. The van der Waals surface area contributed by atoms with E-state index in [-0.39, 0.29) is 25.6 Å². The van der Waals surface area contributed by atoms with Gasteiger partial charge in [-0.1, -0.05) is 0 Å². The van der Waals surface area contributed by atoms with Gasteiger partial charge < -0.3 is 10.2 Å². The van der Waals surface area contributed by atoms with Gasteiger partial charge in [0.2, 0.25) is 5.91 Å². The molecule has 1 unspecified atom stereocenters. The van der Waals surface area contributed by atoms with Crippen molar-refractivity contribution in [1.29, 1.82) is 0 Å². The zero-order chi connectivity index (χ0) is 12.7. The van der Waals surface area contributed by atoms with Gasteiger partial charge in [0.05, 0.1) is 0 Å². The molecule has 0 aromatic carbocycles. The SMILES string of the molecule is CCN(C(=O)C1(C(F)(F)F)CCNC1)C1CC1. The molecule has 0 aromatic rings. The highest BCUT2D eigenvalue weighted by molar-refractivity contribution is 5.85. The number of nitrogens with zero attached hydrogens (tertiary/aromatic N) is 1. The van der Waals surface area contributed by atoms with E-state index in [9.17, 15) is 18.0 Å². The molecule has 6 heteroatoms. The average molecular weight is 250 g/mol. The van der Waals surface area contributed by atoms with Crippen LogP contribution in [0.2, 0.25) is 0 Å². The maximum Gasteiger partial charge on any atom is 0.404 e. The highest BCUT2D eigenvalue weighted by atomic mass is 19.4. The summed E-state index contributed by atoms with van der Waals surface area (Å²) in [6.07, 6.45) is -2.93. The number of carbonyl (C=O) groups is 1. The summed E-state index contributed by atoms with van der Waals surface area (Å²) in [6.45, 7) is 2.08. The maximum absolute atomic E-state index is 13.2. The van der Waals surface area contributed by atoms with E-state index in [4.69, 9.17) is 0 Å². The molecule has 0 aromatic heterocycles. The quantitative estimate of drug-likeness (QED) is 0.824. The number of halogens is 3. The molecule has 1 heterocycles. The monoisotopic (exact) mass is 250 g/mol. The van der Waals surface area contributed by atoms with Gasteiger partial charge in [0.25, 0.3) is 0 Å². The Kier molecular flexibility index (Phi) is 3.10. The molecular weight excluding hydrogens is 233 g/mol. The maximum atomic E-state index is 13.2. The van der Waals surface area contributed by atoms with E-state index in [2.05, 4.69) is 5.32 Å². The first kappa shape index (κ1) is 12.7. The summed E-state index contributed by atoms with van der Waals surface area (Å²) in [5.74, 6) is -0.736. The highest BCUT2D eigenvalue weighted by Crippen LogP contribution is 2.45. The van der Waals surface area contributed by atoms with Crippen molar-refractivity contribution in [2.24, 2.45) is 5.41 Å². The van der Waals surface area contributed by atoms with E-state index >= 15 is 0 Å². The van der Waals surface area contributed by atoms with Crippen molar-refractivity contribution in [2.45, 2.75) is 38.4 Å². The molecule has 1 saturated heterocycles. The smallest absolute Gasteiger partial charge is 0.339 e. The fraction of sp³-hybridized carbons (Fsp3) is 0.909. The van der Waals surface area contributed by atoms with Crippen LogP contribution < -0.4 is 5.32 Å². The average Bonchev–Trinajstić information content (AvgIpc) is 2.94. The summed E-state index contributed by atoms with van der Waals surface area (Å²) >= 11 is 0. The molecule has 1 aliphatic carbocycles. The van der Waals surface area contributed by atoms with Gasteiger partial charge in [-0.2, -0.15) is 13.2 Å². The van der Waals surface area contributed by atoms with Crippen LogP contribution in [0.5, 0.6) is 0 Å². The molecule has 1 aliphatic heterocycles. The van der Waals surface area contributed by atoms with E-state index in [1.165, 1.54) is 4.90 Å². The minimum absolute atomic E-state index is 0.0346. The van der Waals surface area contributed by atoms with Crippen molar-refractivity contribution in [1.82, 2.24) is 10.2 Å². The van der Waals surface area contributed by atoms with Crippen LogP contribution in [-0.4, -0.2) is 42.7 Å². The number of amides is 1. The minimum Gasteiger partial charge on any atom is -0.339 e. The number of hydrogen-bond acceptors (Lipinski definition) is 2. The summed E-state index contributed by atoms with van der Waals surface area (Å²) in [5, 5.41) is 2.67. The first-order valence-electron chi connectivity index (χ1n) is 6.01. The van der Waals surface area contributed by atoms with Crippen molar-refractivity contribution >= 4 is 5.91 Å². The van der Waals surface area contributed by atoms with E-state index in [0.29, 0.717) is 6.54 Å². The first-order valence-corrected chi connectivity index (χ1v) is 6.01. The fourth-order valence-electron chi connectivity index (χ4n) is 2.47. The van der Waals surface area contributed by atoms with E-state index in [0.717, 1.165) is 12.8 Å². The molecule has 3 nitrogen and oxygen atoms in total. The standard InChI is InChI=1S/C11H17F3N2O/c1-2-16(8-3-4-8)9(17)10(11(12,13)14)5-6-15-7-10/h8,15H,2-7H2,1H3. The van der Waals surface area contributed by atoms with Crippen molar-refractivity contribution in [2.75, 3.05) is 19.6 Å². The number of alkyl halides is 3. The topological polar surface area (TPSA) is 32.3 Å². The summed E-state index contributed by atoms with van der Waals surface area (Å²) in [6, 6.07) is 0.0346. The Labute approximate surface area is 98.3 Å². The predicted molar refractivity (Wildman–Crippen MR) is 56.4 cm³/mol. The summed E-state index contributed by atoms with van der Waals surface area (Å²) in [5.41, 5.74) is -2.19. The molecule has 2 rings (SSSR count). The Balaban J connectivity index is 2.24. The largest absolute Gasteiger partial charge is 0.404 e. The molecule has 1 N–H and O–H groups in total. The van der Waals surface area contributed by atoms with Crippen LogP contribution in [0.25, 0.3) is 0 Å². The van der Waals surface area contributed by atoms with Crippen molar-refractivity contribution < 1.29 is 18.0 Å². The van der Waals surface area contributed by atoms with Crippen LogP contribution in [0.15, 0.2) is 0 Å². The third-order valence-corrected chi connectivity index (χ3v) is 3.70. The first-order chi connectivity index (χ1) is 7.92. The summed E-state index contributed by atoms with van der Waals surface area (Å²) in [4.78, 5) is 13.6. The van der Waals surface area contributed by atoms with Gasteiger partial charge in [0, 0.05) is 19.1 Å². The van der Waals surface area contributed by atoms with Gasteiger partial charge in [0.15, 0.2) is 5.41 Å². The Morgan fingerprint density at radius 3 is 2.47 bits per heavy atom. The van der Waals surface area contributed by atoms with E-state index in [1.807, 2.05) is 0 Å². The van der Waals surface area contributed by atoms with E-state index < -0.39 is 17.5 Å². The van der Waals surface area contributed by atoms with Gasteiger partial charge in [-0.25, -0.2) is 0 Å². The Morgan fingerprint density at radius 2 is 2.12 bits per heavy atom. The Morgan fingerprint density at radius 1 is 1.47 bits per heavy atom. The molecule has 1 saturated carbocycles. The Hall–Kier alpha value is -0.780. The summed E-state index contributed by atoms with van der Waals surface area (Å²) < 4.78 is 39.5. The number of rotatable bonds is 3. The molecule has 2 aliphatic rings. The lowest BCUT2D eigenvalue weighted by molar-refractivity contribution is -0.221. The van der Waals surface area contributed by atoms with Crippen LogP contribution in [0.4, 0.5) is 13.2 Å². The molecule has 0 spiro atoms. The molecule has 17 heavy (non-hydrogen) atoms. The van der Waals surface area contributed by atoms with E-state index in [1.54, 1.807) is 6.92 Å². The molecule has 0 bridgehead atoms. The Bertz CT molecular complexity index is 306. The molecule has 0 radical (unpaired) electrons. The summed E-state index contributed by atoms with van der Waals surface area (Å²) in [7, 11) is 0. The molecule has 1 amide bonds. The second-order valence-electron chi connectivity index (χ2n) is 4.83. The lowest BCUT2D eigenvalue weighted by Gasteiger charge is -2.34. The van der Waals surface area contributed by atoms with Gasteiger partial charge in [0.1, 0.15) is 0 Å². The van der Waals surface area contributed by atoms with Crippen LogP contribution in [-0.2, 0) is 4.79 Å². The van der Waals surface area contributed by atoms with Crippen molar-refractivity contribution in [3.05, 3.63) is 0 Å². The van der Waals surface area contributed by atoms with Crippen LogP contribution >= 0.6 is 0 Å². The third-order valence-electron chi connectivity index (χ3n) is 3.70. The number of hydrogen-bond donors (Lipinski definition) is 1. The zero-order valence-corrected chi connectivity index (χ0v) is 9.81. The normalized spacial score (nSPS) is 29.4. The van der Waals surface area contributed by atoms with Crippen molar-refractivity contribution in [3.8, 4) is 0 Å². The van der Waals surface area contributed by atoms with Crippen LogP contribution in [0, 0.1) is 5.41 Å². The predicted octanol–water partition coefficient (Wildman–Crippen LogP) is 1.54. The van der Waals surface area contributed by atoms with Crippen LogP contribution in [0.3, 0.4) is 0 Å². The third kappa shape index (κ3) is 2.03. The number of nitrogens with one attached hydrogen (secondary N) is 1. The van der Waals surface area contributed by atoms with Gasteiger partial charge >= 0.3 is 6.18 Å². The van der Waals surface area contributed by atoms with Crippen molar-refractivity contribution in [3.63, 3.8) is 0 Å².